The molecule has 0 saturated heterocycles. The van der Waals surface area contributed by atoms with Gasteiger partial charge in [0.1, 0.15) is 22.7 Å². The fourth-order valence-electron chi connectivity index (χ4n) is 3.81. The van der Waals surface area contributed by atoms with E-state index in [9.17, 15) is 19.8 Å². The van der Waals surface area contributed by atoms with E-state index in [2.05, 4.69) is 0 Å². The van der Waals surface area contributed by atoms with Crippen LogP contribution in [-0.4, -0.2) is 8.59 Å². The predicted molar refractivity (Wildman–Crippen MR) is 177 cm³/mol. The molecular weight excluding hydrogens is 757 g/mol. The predicted octanol–water partition coefficient (Wildman–Crippen LogP) is 9.04. The normalized spacial score (nSPS) is 10.1. The molecule has 6 rings (SSSR count). The summed E-state index contributed by atoms with van der Waals surface area (Å²) in [6, 6.07) is 31.4. The van der Waals surface area contributed by atoms with Crippen molar-refractivity contribution < 1.29 is 36.1 Å². The molecule has 1 radical (unpaired) electrons. The van der Waals surface area contributed by atoms with Gasteiger partial charge in [0, 0.05) is 11.1 Å². The minimum Gasteiger partial charge on any atom is -0.867 e. The monoisotopic (exact) mass is 773 g/mol. The van der Waals surface area contributed by atoms with Gasteiger partial charge in [0.25, 0.3) is 0 Å². The van der Waals surface area contributed by atoms with Crippen LogP contribution in [0, 0.1) is 0 Å². The van der Waals surface area contributed by atoms with Crippen molar-refractivity contribution in [1.29, 1.82) is 0 Å². The first-order valence-electron chi connectivity index (χ1n) is 12.4. The van der Waals surface area contributed by atoms with E-state index < -0.39 is 30.9 Å². The molecule has 0 aliphatic carbocycles. The van der Waals surface area contributed by atoms with Gasteiger partial charge in [0.2, 0.25) is 0 Å². The number of hydrogen-bond donors (Lipinski definition) is 0. The van der Waals surface area contributed by atoms with Crippen LogP contribution >= 0.6 is 69.6 Å². The summed E-state index contributed by atoms with van der Waals surface area (Å²) >= 11 is 28.8. The molecule has 237 valence electrons. The Morgan fingerprint density at radius 1 is 0.467 bits per heavy atom. The number of halogens is 6. The molecule has 45 heavy (non-hydrogen) atoms. The van der Waals surface area contributed by atoms with Crippen molar-refractivity contribution in [3.05, 3.63) is 130 Å². The average molecular weight is 777 g/mol. The Hall–Kier alpha value is -2.84. The minimum absolute atomic E-state index is 0. The van der Waals surface area contributed by atoms with Crippen molar-refractivity contribution in [2.45, 2.75) is 8.59 Å². The van der Waals surface area contributed by atoms with Crippen molar-refractivity contribution in [2.24, 2.45) is 0 Å². The number of alkyl halides is 6. The third kappa shape index (κ3) is 11.2. The average Bonchev–Trinajstić information content (AvgIpc) is 3.01. The molecule has 0 aliphatic heterocycles. The maximum Gasteiger partial charge on any atom is 2.00 e. The molecule has 0 amide bonds. The summed E-state index contributed by atoms with van der Waals surface area (Å²) in [5.41, 5.74) is 1.06. The molecule has 0 atom stereocenters. The van der Waals surface area contributed by atoms with Crippen LogP contribution in [-0.2, 0) is 17.1 Å². The van der Waals surface area contributed by atoms with Gasteiger partial charge in [-0.3, -0.25) is 9.59 Å². The van der Waals surface area contributed by atoms with Crippen LogP contribution in [0.3, 0.4) is 0 Å². The zero-order chi connectivity index (χ0) is 32.2. The Balaban J connectivity index is 0.000000250. The van der Waals surface area contributed by atoms with Crippen molar-refractivity contribution in [2.75, 3.05) is 0 Å². The molecule has 13 heteroatoms. The number of fused-ring (bicyclic) bond motifs is 2. The second-order valence-electron chi connectivity index (χ2n) is 8.40. The smallest absolute Gasteiger partial charge is 0.867 e. The summed E-state index contributed by atoms with van der Waals surface area (Å²) in [6.45, 7) is 0. The minimum atomic E-state index is -0.750. The van der Waals surface area contributed by atoms with Crippen molar-refractivity contribution in [3.8, 4) is 34.1 Å². The topological polar surface area (TPSA) is 107 Å². The summed E-state index contributed by atoms with van der Waals surface area (Å²) in [4.78, 5) is 23.9. The summed E-state index contributed by atoms with van der Waals surface area (Å²) in [7, 11) is 0. The van der Waals surface area contributed by atoms with Crippen LogP contribution in [0.25, 0.3) is 44.6 Å². The SMILES string of the molecule is ClC(Cl)Cl.ClC(Cl)Cl.O=c1c([O-])c(-c2ccccc2)oc2ccccc12.O=c1c([O-])c(-c2ccccc2)oc2ccccc12.[Cu+2]. The third-order valence-electron chi connectivity index (χ3n) is 5.58. The maximum atomic E-state index is 12.0. The van der Waals surface area contributed by atoms with Crippen LogP contribution in [0.1, 0.15) is 0 Å². The van der Waals surface area contributed by atoms with E-state index in [0.717, 1.165) is 0 Å². The van der Waals surface area contributed by atoms with Gasteiger partial charge in [0.05, 0.1) is 10.8 Å². The van der Waals surface area contributed by atoms with E-state index in [1.807, 2.05) is 12.1 Å². The Bertz CT molecular complexity index is 1770. The van der Waals surface area contributed by atoms with Gasteiger partial charge in [-0.2, -0.15) is 0 Å². The molecular formula is C32H20Cl6CuO6. The third-order valence-corrected chi connectivity index (χ3v) is 5.58. The second-order valence-corrected chi connectivity index (χ2v) is 12.4. The summed E-state index contributed by atoms with van der Waals surface area (Å²) in [5.74, 6) is -1.00. The molecule has 2 aromatic heterocycles. The van der Waals surface area contributed by atoms with E-state index >= 15 is 0 Å². The zero-order valence-corrected chi connectivity index (χ0v) is 28.0. The van der Waals surface area contributed by atoms with Gasteiger partial charge >= 0.3 is 17.1 Å². The van der Waals surface area contributed by atoms with Crippen LogP contribution in [0.4, 0.5) is 0 Å². The Morgan fingerprint density at radius 2 is 0.733 bits per heavy atom. The van der Waals surface area contributed by atoms with Crippen LogP contribution in [0.5, 0.6) is 11.5 Å². The van der Waals surface area contributed by atoms with Gasteiger partial charge in [-0.15, -0.1) is 0 Å². The zero-order valence-electron chi connectivity index (χ0n) is 22.6. The molecule has 0 fully saturated rings. The summed E-state index contributed by atoms with van der Waals surface area (Å²) < 4.78 is 9.59. The quantitative estimate of drug-likeness (QED) is 0.128. The molecule has 6 nitrogen and oxygen atoms in total. The molecule has 0 N–H and O–H groups in total. The van der Waals surface area contributed by atoms with E-state index in [1.54, 1.807) is 97.1 Å². The molecule has 0 spiro atoms. The van der Waals surface area contributed by atoms with E-state index in [1.165, 1.54) is 0 Å². The van der Waals surface area contributed by atoms with E-state index in [0.29, 0.717) is 33.1 Å². The van der Waals surface area contributed by atoms with Crippen molar-refractivity contribution in [3.63, 3.8) is 0 Å². The first kappa shape index (κ1) is 38.3. The second kappa shape index (κ2) is 19.0. The van der Waals surface area contributed by atoms with E-state index in [-0.39, 0.29) is 28.6 Å². The fourth-order valence-corrected chi connectivity index (χ4v) is 3.81. The van der Waals surface area contributed by atoms with Gasteiger partial charge in [0.15, 0.2) is 19.4 Å². The van der Waals surface area contributed by atoms with Gasteiger partial charge in [-0.05, 0) is 35.8 Å². The Kier molecular flexibility index (Phi) is 16.2. The summed E-state index contributed by atoms with van der Waals surface area (Å²) in [6.07, 6.45) is 0. The van der Waals surface area contributed by atoms with Crippen LogP contribution < -0.4 is 21.1 Å². The number of benzene rings is 4. The van der Waals surface area contributed by atoms with Crippen molar-refractivity contribution >= 4 is 91.5 Å². The van der Waals surface area contributed by atoms with Crippen LogP contribution in [0.2, 0.25) is 0 Å². The number of para-hydroxylation sites is 2. The number of rotatable bonds is 2. The molecule has 0 bridgehead atoms. The summed E-state index contributed by atoms with van der Waals surface area (Å²) in [5, 5.41) is 24.6. The van der Waals surface area contributed by atoms with Gasteiger partial charge in [-0.25, -0.2) is 0 Å². The number of hydrogen-bond acceptors (Lipinski definition) is 6. The van der Waals surface area contributed by atoms with E-state index in [4.69, 9.17) is 78.4 Å². The standard InChI is InChI=1S/2C15H10O3.2CHCl3.Cu/c2*16-13-11-8-4-5-9-12(11)18-15(14(13)17)10-6-2-1-3-7-10;2*2-1(3)4;/h2*1-9,17H;2*1H;/q;;;;+2/p-2. The van der Waals surface area contributed by atoms with Gasteiger partial charge < -0.3 is 19.0 Å². The fraction of sp³-hybridized carbons (Fsp3) is 0.0625. The Labute approximate surface area is 298 Å². The molecule has 6 aromatic rings. The maximum absolute atomic E-state index is 12.0. The molecule has 0 saturated carbocycles. The molecule has 0 aliphatic rings. The Morgan fingerprint density at radius 3 is 1.04 bits per heavy atom. The first-order chi connectivity index (χ1) is 21.0. The van der Waals surface area contributed by atoms with Crippen LogP contribution in [0.15, 0.2) is 128 Å². The largest absolute Gasteiger partial charge is 2.00 e. The molecule has 2 heterocycles. The first-order valence-corrected chi connectivity index (χ1v) is 15.0. The van der Waals surface area contributed by atoms with Gasteiger partial charge in [-0.1, -0.05) is 155 Å². The molecule has 0 unspecified atom stereocenters. The van der Waals surface area contributed by atoms with Crippen molar-refractivity contribution in [1.82, 2.24) is 0 Å². The molecule has 4 aromatic carbocycles.